The van der Waals surface area contributed by atoms with Gasteiger partial charge in [0.15, 0.2) is 5.16 Å². The van der Waals surface area contributed by atoms with Gasteiger partial charge in [0.2, 0.25) is 0 Å². The number of fused-ring (bicyclic) bond motifs is 1. The van der Waals surface area contributed by atoms with E-state index in [0.717, 1.165) is 23.1 Å². The molecule has 134 valence electrons. The van der Waals surface area contributed by atoms with E-state index in [-0.39, 0.29) is 0 Å². The predicted molar refractivity (Wildman–Crippen MR) is 112 cm³/mol. The lowest BCUT2D eigenvalue weighted by Crippen LogP contribution is -1.98. The maximum Gasteiger partial charge on any atom is 0.169 e. The Kier molecular flexibility index (Phi) is 4.66. The Morgan fingerprint density at radius 2 is 1.35 bits per heavy atom. The fourth-order valence-corrected chi connectivity index (χ4v) is 4.47. The lowest BCUT2D eigenvalue weighted by atomic mass is 9.97. The van der Waals surface area contributed by atoms with Crippen LogP contribution in [0.3, 0.4) is 0 Å². The average Bonchev–Trinajstić information content (AvgIpc) is 3.23. The summed E-state index contributed by atoms with van der Waals surface area (Å²) in [6.07, 6.45) is 0. The molecule has 1 aromatic heterocycles. The van der Waals surface area contributed by atoms with Crippen LogP contribution in [0.4, 0.5) is 0 Å². The highest BCUT2D eigenvalue weighted by Crippen LogP contribution is 2.39. The summed E-state index contributed by atoms with van der Waals surface area (Å²) < 4.78 is 2.39. The molecule has 0 N–H and O–H groups in total. The first kappa shape index (κ1) is 17.4. The molecule has 0 aliphatic carbocycles. The second-order valence-electron chi connectivity index (χ2n) is 7.65. The van der Waals surface area contributed by atoms with Gasteiger partial charge < -0.3 is 4.57 Å². The van der Waals surface area contributed by atoms with E-state index in [2.05, 4.69) is 80.8 Å². The average molecular weight is 363 g/mol. The van der Waals surface area contributed by atoms with E-state index >= 15 is 0 Å². The third-order valence-electron chi connectivity index (χ3n) is 5.18. The molecule has 26 heavy (non-hydrogen) atoms. The monoisotopic (exact) mass is 362 g/mol. The standard InChI is InChI=1S/C23H26N2S/c1-15(2)17-5-9-19(10-6-17)21-22(25-13-14-26-23(25)24-21)20-11-7-18(8-12-20)16(3)4/h5-12,15-16H,13-14H2,1-4H3. The van der Waals surface area contributed by atoms with Gasteiger partial charge in [-0.3, -0.25) is 0 Å². The first-order valence-electron chi connectivity index (χ1n) is 9.48. The molecule has 4 rings (SSSR count). The number of nitrogens with zero attached hydrogens (tertiary/aromatic N) is 2. The Morgan fingerprint density at radius 1 is 0.808 bits per heavy atom. The number of aromatic nitrogens is 2. The molecule has 0 bridgehead atoms. The molecular weight excluding hydrogens is 336 g/mol. The van der Waals surface area contributed by atoms with Crippen LogP contribution in [0.2, 0.25) is 0 Å². The summed E-state index contributed by atoms with van der Waals surface area (Å²) in [5, 5.41) is 1.15. The second-order valence-corrected chi connectivity index (χ2v) is 8.71. The van der Waals surface area contributed by atoms with E-state index < -0.39 is 0 Å². The number of rotatable bonds is 4. The summed E-state index contributed by atoms with van der Waals surface area (Å²) in [5.74, 6) is 2.22. The summed E-state index contributed by atoms with van der Waals surface area (Å²) in [6, 6.07) is 18.0. The van der Waals surface area contributed by atoms with Crippen molar-refractivity contribution < 1.29 is 0 Å². The predicted octanol–water partition coefficient (Wildman–Crippen LogP) is 6.57. The molecule has 3 aromatic rings. The molecule has 0 saturated carbocycles. The minimum Gasteiger partial charge on any atom is -0.318 e. The van der Waals surface area contributed by atoms with Gasteiger partial charge in [-0.2, -0.15) is 0 Å². The third-order valence-corrected chi connectivity index (χ3v) is 6.14. The number of imidazole rings is 1. The fraction of sp³-hybridized carbons (Fsp3) is 0.348. The van der Waals surface area contributed by atoms with Gasteiger partial charge in [-0.1, -0.05) is 88.0 Å². The van der Waals surface area contributed by atoms with Gasteiger partial charge in [-0.25, -0.2) is 4.98 Å². The minimum absolute atomic E-state index is 0.551. The van der Waals surface area contributed by atoms with Crippen molar-refractivity contribution in [3.63, 3.8) is 0 Å². The molecular formula is C23H26N2S. The first-order valence-corrected chi connectivity index (χ1v) is 10.5. The van der Waals surface area contributed by atoms with Gasteiger partial charge in [-0.05, 0) is 23.0 Å². The van der Waals surface area contributed by atoms with Crippen LogP contribution in [-0.4, -0.2) is 15.3 Å². The topological polar surface area (TPSA) is 17.8 Å². The van der Waals surface area contributed by atoms with Crippen molar-refractivity contribution in [3.8, 4) is 22.5 Å². The van der Waals surface area contributed by atoms with Gasteiger partial charge in [0.25, 0.3) is 0 Å². The Bertz CT molecular complexity index is 903. The molecule has 0 saturated heterocycles. The molecule has 0 spiro atoms. The highest BCUT2D eigenvalue weighted by atomic mass is 32.2. The maximum absolute atomic E-state index is 5.00. The van der Waals surface area contributed by atoms with Crippen LogP contribution in [0, 0.1) is 0 Å². The number of hydrogen-bond acceptors (Lipinski definition) is 2. The van der Waals surface area contributed by atoms with E-state index in [4.69, 9.17) is 4.98 Å². The quantitative estimate of drug-likeness (QED) is 0.522. The van der Waals surface area contributed by atoms with E-state index in [9.17, 15) is 0 Å². The Labute approximate surface area is 160 Å². The summed E-state index contributed by atoms with van der Waals surface area (Å²) in [4.78, 5) is 5.00. The van der Waals surface area contributed by atoms with Crippen molar-refractivity contribution in [3.05, 3.63) is 59.7 Å². The van der Waals surface area contributed by atoms with Gasteiger partial charge in [0.05, 0.1) is 11.4 Å². The molecule has 2 heterocycles. The van der Waals surface area contributed by atoms with Gasteiger partial charge in [-0.15, -0.1) is 0 Å². The van der Waals surface area contributed by atoms with Crippen LogP contribution < -0.4 is 0 Å². The molecule has 3 heteroatoms. The molecule has 0 unspecified atom stereocenters. The van der Waals surface area contributed by atoms with Crippen molar-refractivity contribution in [2.45, 2.75) is 51.2 Å². The van der Waals surface area contributed by atoms with Crippen LogP contribution in [-0.2, 0) is 6.54 Å². The molecule has 2 aromatic carbocycles. The largest absolute Gasteiger partial charge is 0.318 e. The van der Waals surface area contributed by atoms with Crippen molar-refractivity contribution in [2.75, 3.05) is 5.75 Å². The highest BCUT2D eigenvalue weighted by molar-refractivity contribution is 7.99. The van der Waals surface area contributed by atoms with Crippen LogP contribution in [0.5, 0.6) is 0 Å². The molecule has 0 amide bonds. The summed E-state index contributed by atoms with van der Waals surface area (Å²) >= 11 is 1.86. The molecule has 0 atom stereocenters. The van der Waals surface area contributed by atoms with E-state index in [0.29, 0.717) is 11.8 Å². The summed E-state index contributed by atoms with van der Waals surface area (Å²) in [7, 11) is 0. The minimum atomic E-state index is 0.551. The summed E-state index contributed by atoms with van der Waals surface area (Å²) in [6.45, 7) is 9.99. The zero-order valence-electron chi connectivity index (χ0n) is 16.0. The van der Waals surface area contributed by atoms with E-state index in [1.165, 1.54) is 27.9 Å². The van der Waals surface area contributed by atoms with Gasteiger partial charge in [0, 0.05) is 23.4 Å². The molecule has 1 aliphatic heterocycles. The van der Waals surface area contributed by atoms with Crippen molar-refractivity contribution >= 4 is 11.8 Å². The first-order chi connectivity index (χ1) is 12.5. The maximum atomic E-state index is 5.00. The molecule has 0 fully saturated rings. The van der Waals surface area contributed by atoms with Gasteiger partial charge in [0.1, 0.15) is 0 Å². The molecule has 1 aliphatic rings. The zero-order chi connectivity index (χ0) is 18.3. The number of thioether (sulfide) groups is 1. The zero-order valence-corrected chi connectivity index (χ0v) is 16.8. The number of benzene rings is 2. The van der Waals surface area contributed by atoms with Crippen LogP contribution in [0.25, 0.3) is 22.5 Å². The Hall–Kier alpha value is -2.00. The summed E-state index contributed by atoms with van der Waals surface area (Å²) in [5.41, 5.74) is 7.60. The normalized spacial score (nSPS) is 13.6. The molecule has 2 nitrogen and oxygen atoms in total. The van der Waals surface area contributed by atoms with Crippen molar-refractivity contribution in [1.29, 1.82) is 0 Å². The Morgan fingerprint density at radius 3 is 1.88 bits per heavy atom. The SMILES string of the molecule is CC(C)c1ccc(-c2nc3n(c2-c2ccc(C(C)C)cc2)CCS3)cc1. The fourth-order valence-electron chi connectivity index (χ4n) is 3.52. The van der Waals surface area contributed by atoms with E-state index in [1.807, 2.05) is 11.8 Å². The van der Waals surface area contributed by atoms with E-state index in [1.54, 1.807) is 0 Å². The lowest BCUT2D eigenvalue weighted by molar-refractivity contribution is 0.726. The second kappa shape index (κ2) is 6.96. The van der Waals surface area contributed by atoms with Crippen LogP contribution in [0.15, 0.2) is 53.7 Å². The number of hydrogen-bond donors (Lipinski definition) is 0. The van der Waals surface area contributed by atoms with Crippen molar-refractivity contribution in [2.24, 2.45) is 0 Å². The van der Waals surface area contributed by atoms with Crippen LogP contribution >= 0.6 is 11.8 Å². The van der Waals surface area contributed by atoms with Crippen LogP contribution in [0.1, 0.15) is 50.7 Å². The van der Waals surface area contributed by atoms with Gasteiger partial charge >= 0.3 is 0 Å². The lowest BCUT2D eigenvalue weighted by Gasteiger charge is -2.11. The smallest absolute Gasteiger partial charge is 0.169 e. The third kappa shape index (κ3) is 3.09. The Balaban J connectivity index is 1.81. The van der Waals surface area contributed by atoms with Crippen molar-refractivity contribution in [1.82, 2.24) is 9.55 Å². The molecule has 0 radical (unpaired) electrons. The highest BCUT2D eigenvalue weighted by Gasteiger charge is 2.23.